The number of likely N-dealkylation sites (tertiary alicyclic amines) is 1. The van der Waals surface area contributed by atoms with Crippen molar-refractivity contribution in [3.05, 3.63) is 0 Å². The summed E-state index contributed by atoms with van der Waals surface area (Å²) >= 11 is 0. The average molecular weight is 311 g/mol. The second-order valence-electron chi connectivity index (χ2n) is 5.23. The number of nitrogens with one attached hydrogen (secondary N) is 2. The first-order chi connectivity index (χ1) is 9.25. The summed E-state index contributed by atoms with van der Waals surface area (Å²) in [6.07, 6.45) is -0.183. The van der Waals surface area contributed by atoms with Crippen LogP contribution < -0.4 is 10.0 Å². The van der Waals surface area contributed by atoms with Crippen LogP contribution in [0.1, 0.15) is 19.8 Å². The zero-order chi connectivity index (χ0) is 15.0. The van der Waals surface area contributed by atoms with Crippen molar-refractivity contribution in [2.75, 3.05) is 26.2 Å². The molecule has 0 radical (unpaired) electrons. The molecule has 0 aromatic carbocycles. The zero-order valence-corrected chi connectivity index (χ0v) is 12.0. The van der Waals surface area contributed by atoms with Crippen LogP contribution >= 0.6 is 0 Å². The molecule has 2 heterocycles. The number of alkyl halides is 2. The van der Waals surface area contributed by atoms with Crippen LogP contribution in [-0.4, -0.2) is 62.6 Å². The smallest absolute Gasteiger partial charge is 0.262 e. The van der Waals surface area contributed by atoms with Crippen LogP contribution in [0.4, 0.5) is 8.78 Å². The van der Waals surface area contributed by atoms with E-state index in [1.165, 1.54) is 4.90 Å². The molecule has 2 N–H and O–H groups in total. The summed E-state index contributed by atoms with van der Waals surface area (Å²) in [7, 11) is -3.44. The minimum Gasteiger partial charge on any atom is -0.340 e. The molecule has 0 saturated carbocycles. The first-order valence-corrected chi connectivity index (χ1v) is 8.18. The molecule has 20 heavy (non-hydrogen) atoms. The molecule has 0 aromatic heterocycles. The predicted molar refractivity (Wildman–Crippen MR) is 68.9 cm³/mol. The third kappa shape index (κ3) is 3.26. The molecule has 2 unspecified atom stereocenters. The SMILES string of the molecule is CCNS(=O)(=O)C1CCN(C(=O)C2CC(F)(F)CN2)C1. The highest BCUT2D eigenvalue weighted by Gasteiger charge is 2.45. The first-order valence-electron chi connectivity index (χ1n) is 6.63. The Morgan fingerprint density at radius 3 is 2.75 bits per heavy atom. The van der Waals surface area contributed by atoms with Gasteiger partial charge in [0.25, 0.3) is 5.92 Å². The van der Waals surface area contributed by atoms with Gasteiger partial charge in [-0.2, -0.15) is 0 Å². The minimum atomic E-state index is -3.44. The van der Waals surface area contributed by atoms with Crippen LogP contribution in [0.15, 0.2) is 0 Å². The molecule has 116 valence electrons. The Bertz CT molecular complexity index is 483. The van der Waals surface area contributed by atoms with Crippen LogP contribution in [0, 0.1) is 0 Å². The molecule has 6 nitrogen and oxygen atoms in total. The number of rotatable bonds is 4. The van der Waals surface area contributed by atoms with Gasteiger partial charge in [0.2, 0.25) is 15.9 Å². The van der Waals surface area contributed by atoms with E-state index in [1.807, 2.05) is 0 Å². The lowest BCUT2D eigenvalue weighted by Gasteiger charge is -2.20. The molecule has 2 atom stereocenters. The molecular formula is C11H19F2N3O3S. The van der Waals surface area contributed by atoms with Crippen LogP contribution in [0.5, 0.6) is 0 Å². The Labute approximate surface area is 116 Å². The molecule has 0 aromatic rings. The van der Waals surface area contributed by atoms with Gasteiger partial charge in [-0.1, -0.05) is 6.92 Å². The van der Waals surface area contributed by atoms with Crippen molar-refractivity contribution >= 4 is 15.9 Å². The van der Waals surface area contributed by atoms with Gasteiger partial charge in [-0.3, -0.25) is 10.1 Å². The summed E-state index contributed by atoms with van der Waals surface area (Å²) in [6, 6.07) is -0.911. The third-order valence-electron chi connectivity index (χ3n) is 3.65. The van der Waals surface area contributed by atoms with E-state index in [0.717, 1.165) is 0 Å². The fourth-order valence-corrected chi connectivity index (χ4v) is 4.04. The summed E-state index contributed by atoms with van der Waals surface area (Å²) in [5.74, 6) is -3.30. The van der Waals surface area contributed by atoms with Gasteiger partial charge in [0, 0.05) is 26.1 Å². The van der Waals surface area contributed by atoms with Crippen molar-refractivity contribution in [2.24, 2.45) is 0 Å². The summed E-state index contributed by atoms with van der Waals surface area (Å²) < 4.78 is 52.2. The van der Waals surface area contributed by atoms with Crippen molar-refractivity contribution in [1.82, 2.24) is 14.9 Å². The zero-order valence-electron chi connectivity index (χ0n) is 11.2. The maximum absolute atomic E-state index is 13.1. The Balaban J connectivity index is 1.95. The van der Waals surface area contributed by atoms with Gasteiger partial charge in [0.1, 0.15) is 0 Å². The monoisotopic (exact) mass is 311 g/mol. The molecule has 0 bridgehead atoms. The summed E-state index contributed by atoms with van der Waals surface area (Å²) in [6.45, 7) is 1.83. The predicted octanol–water partition coefficient (Wildman–Crippen LogP) is -0.476. The van der Waals surface area contributed by atoms with Gasteiger partial charge in [-0.05, 0) is 6.42 Å². The average Bonchev–Trinajstić information content (AvgIpc) is 2.95. The molecule has 2 aliphatic rings. The van der Waals surface area contributed by atoms with Crippen molar-refractivity contribution in [1.29, 1.82) is 0 Å². The fourth-order valence-electron chi connectivity index (χ4n) is 2.61. The van der Waals surface area contributed by atoms with Crippen molar-refractivity contribution in [3.8, 4) is 0 Å². The number of hydrogen-bond donors (Lipinski definition) is 2. The Hall–Kier alpha value is -0.800. The second kappa shape index (κ2) is 5.53. The molecule has 0 aliphatic carbocycles. The lowest BCUT2D eigenvalue weighted by molar-refractivity contribution is -0.132. The molecule has 2 fully saturated rings. The molecule has 0 spiro atoms. The molecule has 2 rings (SSSR count). The Morgan fingerprint density at radius 1 is 1.50 bits per heavy atom. The molecule has 2 saturated heterocycles. The number of carbonyl (C=O) groups excluding carboxylic acids is 1. The maximum atomic E-state index is 13.1. The van der Waals surface area contributed by atoms with Gasteiger partial charge in [0.15, 0.2) is 0 Å². The van der Waals surface area contributed by atoms with Gasteiger partial charge in [-0.15, -0.1) is 0 Å². The van der Waals surface area contributed by atoms with E-state index in [-0.39, 0.29) is 13.1 Å². The second-order valence-corrected chi connectivity index (χ2v) is 7.28. The standard InChI is InChI=1S/C11H19F2N3O3S/c1-2-15-20(18,19)8-3-4-16(6-8)10(17)9-5-11(12,13)7-14-9/h8-9,14-15H,2-7H2,1H3. The molecule has 1 amide bonds. The molecular weight excluding hydrogens is 292 g/mol. The van der Waals surface area contributed by atoms with Crippen LogP contribution in [-0.2, 0) is 14.8 Å². The van der Waals surface area contributed by atoms with Gasteiger partial charge in [0.05, 0.1) is 17.8 Å². The van der Waals surface area contributed by atoms with E-state index in [0.29, 0.717) is 13.0 Å². The van der Waals surface area contributed by atoms with E-state index in [2.05, 4.69) is 10.0 Å². The lowest BCUT2D eigenvalue weighted by atomic mass is 10.2. The van der Waals surface area contributed by atoms with Gasteiger partial charge < -0.3 is 4.90 Å². The van der Waals surface area contributed by atoms with Crippen molar-refractivity contribution in [3.63, 3.8) is 0 Å². The Kier molecular flexibility index (Phi) is 4.31. The quantitative estimate of drug-likeness (QED) is 0.735. The van der Waals surface area contributed by atoms with Gasteiger partial charge in [-0.25, -0.2) is 21.9 Å². The summed E-state index contributed by atoms with van der Waals surface area (Å²) in [5, 5.41) is 1.84. The molecule has 9 heteroatoms. The fraction of sp³-hybridized carbons (Fsp3) is 0.909. The highest BCUT2D eigenvalue weighted by Crippen LogP contribution is 2.27. The molecule has 2 aliphatic heterocycles. The van der Waals surface area contributed by atoms with Crippen LogP contribution in [0.25, 0.3) is 0 Å². The largest absolute Gasteiger partial charge is 0.340 e. The normalized spacial score (nSPS) is 29.9. The van der Waals surface area contributed by atoms with Crippen molar-refractivity contribution < 1.29 is 22.0 Å². The van der Waals surface area contributed by atoms with Gasteiger partial charge >= 0.3 is 0 Å². The first kappa shape index (κ1) is 15.6. The van der Waals surface area contributed by atoms with Crippen LogP contribution in [0.2, 0.25) is 0 Å². The maximum Gasteiger partial charge on any atom is 0.262 e. The topological polar surface area (TPSA) is 78.5 Å². The number of halogens is 2. The number of nitrogens with zero attached hydrogens (tertiary/aromatic N) is 1. The highest BCUT2D eigenvalue weighted by molar-refractivity contribution is 7.90. The van der Waals surface area contributed by atoms with E-state index < -0.39 is 46.1 Å². The van der Waals surface area contributed by atoms with E-state index in [1.54, 1.807) is 6.92 Å². The van der Waals surface area contributed by atoms with E-state index in [9.17, 15) is 22.0 Å². The van der Waals surface area contributed by atoms with E-state index in [4.69, 9.17) is 0 Å². The lowest BCUT2D eigenvalue weighted by Crippen LogP contribution is -2.44. The Morgan fingerprint density at radius 2 is 2.20 bits per heavy atom. The van der Waals surface area contributed by atoms with E-state index >= 15 is 0 Å². The number of sulfonamides is 1. The summed E-state index contributed by atoms with van der Waals surface area (Å²) in [4.78, 5) is 13.4. The van der Waals surface area contributed by atoms with Crippen LogP contribution in [0.3, 0.4) is 0 Å². The highest BCUT2D eigenvalue weighted by atomic mass is 32.2. The summed E-state index contributed by atoms with van der Waals surface area (Å²) in [5.41, 5.74) is 0. The van der Waals surface area contributed by atoms with Crippen molar-refractivity contribution in [2.45, 2.75) is 37.0 Å². The minimum absolute atomic E-state index is 0.0674. The number of amides is 1. The number of carbonyl (C=O) groups is 1. The third-order valence-corrected chi connectivity index (χ3v) is 5.60. The number of hydrogen-bond acceptors (Lipinski definition) is 4.